The highest BCUT2D eigenvalue weighted by Gasteiger charge is 2.19. The zero-order valence-corrected chi connectivity index (χ0v) is 26.7. The first-order valence-electron chi connectivity index (χ1n) is 16.2. The number of para-hydroxylation sites is 3. The molecule has 7 aromatic carbocycles. The molecule has 9 rings (SSSR count). The van der Waals surface area contributed by atoms with Gasteiger partial charge in [0.1, 0.15) is 0 Å². The Labute approximate surface area is 288 Å². The SMILES string of the molecule is [C-]#[N+]c1ccc(-c2cccc(-c3cccc(-n4c5ccccc5c5cc(C#N)ccc54)c3)c2)c(-n2c3ccccc3c3cccc([N+]#[C-])c32)c1. The molecule has 0 radical (unpaired) electrons. The van der Waals surface area contributed by atoms with Crippen molar-refractivity contribution >= 4 is 55.0 Å². The summed E-state index contributed by atoms with van der Waals surface area (Å²) in [6.07, 6.45) is 0. The number of rotatable bonds is 4. The second kappa shape index (κ2) is 11.4. The van der Waals surface area contributed by atoms with E-state index in [9.17, 15) is 5.26 Å². The van der Waals surface area contributed by atoms with Crippen LogP contribution in [0.4, 0.5) is 11.4 Å². The third-order valence-electron chi connectivity index (χ3n) is 9.56. The minimum absolute atomic E-state index is 0.534. The Morgan fingerprint density at radius 2 is 1.16 bits per heavy atom. The smallest absolute Gasteiger partial charge is 0.211 e. The Hall–Kier alpha value is -7.39. The van der Waals surface area contributed by atoms with E-state index in [-0.39, 0.29) is 0 Å². The predicted octanol–water partition coefficient (Wildman–Crippen LogP) is 12.2. The fourth-order valence-electron chi connectivity index (χ4n) is 7.37. The van der Waals surface area contributed by atoms with Crippen LogP contribution in [0, 0.1) is 24.5 Å². The Kier molecular flexibility index (Phi) is 6.56. The maximum atomic E-state index is 9.59. The van der Waals surface area contributed by atoms with Gasteiger partial charge in [-0.3, -0.25) is 0 Å². The van der Waals surface area contributed by atoms with Crippen molar-refractivity contribution in [2.24, 2.45) is 0 Å². The summed E-state index contributed by atoms with van der Waals surface area (Å²) in [5.41, 5.74) is 11.7. The number of benzene rings is 7. The third-order valence-corrected chi connectivity index (χ3v) is 9.56. The maximum absolute atomic E-state index is 9.59. The summed E-state index contributed by atoms with van der Waals surface area (Å²) in [6, 6.07) is 53.4. The molecule has 0 atom stereocenters. The molecule has 0 aliphatic rings. The zero-order valence-electron chi connectivity index (χ0n) is 26.7. The highest BCUT2D eigenvalue weighted by atomic mass is 15.0. The molecule has 0 spiro atoms. The van der Waals surface area contributed by atoms with Crippen molar-refractivity contribution in [1.29, 1.82) is 5.26 Å². The molecular weight excluding hydrogens is 611 g/mol. The number of hydrogen-bond donors (Lipinski definition) is 0. The van der Waals surface area contributed by atoms with Gasteiger partial charge in [0.15, 0.2) is 5.69 Å². The van der Waals surface area contributed by atoms with E-state index in [1.165, 1.54) is 0 Å². The topological polar surface area (TPSA) is 42.4 Å². The Balaban J connectivity index is 1.23. The normalized spacial score (nSPS) is 11.1. The van der Waals surface area contributed by atoms with Gasteiger partial charge in [-0.15, -0.1) is 0 Å². The highest BCUT2D eigenvalue weighted by Crippen LogP contribution is 2.42. The third kappa shape index (κ3) is 4.38. The number of aromatic nitrogens is 2. The molecule has 0 bridgehead atoms. The van der Waals surface area contributed by atoms with E-state index < -0.39 is 0 Å². The molecule has 0 amide bonds. The van der Waals surface area contributed by atoms with Gasteiger partial charge in [0, 0.05) is 33.1 Å². The van der Waals surface area contributed by atoms with Gasteiger partial charge in [-0.1, -0.05) is 97.1 Å². The zero-order chi connectivity index (χ0) is 33.8. The van der Waals surface area contributed by atoms with Gasteiger partial charge in [0.2, 0.25) is 5.69 Å². The van der Waals surface area contributed by atoms with E-state index in [0.717, 1.165) is 77.2 Å². The summed E-state index contributed by atoms with van der Waals surface area (Å²) in [4.78, 5) is 7.70. The van der Waals surface area contributed by atoms with E-state index in [0.29, 0.717) is 16.9 Å². The Morgan fingerprint density at radius 3 is 1.94 bits per heavy atom. The van der Waals surface area contributed by atoms with Crippen LogP contribution in [0.2, 0.25) is 0 Å². The van der Waals surface area contributed by atoms with E-state index in [4.69, 9.17) is 13.1 Å². The van der Waals surface area contributed by atoms with Crippen molar-refractivity contribution in [3.8, 4) is 39.7 Å². The second-order valence-corrected chi connectivity index (χ2v) is 12.3. The largest absolute Gasteiger partial charge is 0.320 e. The van der Waals surface area contributed by atoms with Gasteiger partial charge in [0.25, 0.3) is 0 Å². The van der Waals surface area contributed by atoms with Crippen molar-refractivity contribution in [3.05, 3.63) is 180 Å². The summed E-state index contributed by atoms with van der Waals surface area (Å²) in [6.45, 7) is 15.8. The van der Waals surface area contributed by atoms with E-state index in [1.807, 2.05) is 72.8 Å². The Bertz CT molecular complexity index is 2970. The molecule has 230 valence electrons. The van der Waals surface area contributed by atoms with Crippen molar-refractivity contribution < 1.29 is 0 Å². The number of fused-ring (bicyclic) bond motifs is 6. The lowest BCUT2D eigenvalue weighted by Crippen LogP contribution is -1.97. The highest BCUT2D eigenvalue weighted by molar-refractivity contribution is 6.14. The minimum atomic E-state index is 0.534. The summed E-state index contributed by atoms with van der Waals surface area (Å²) >= 11 is 0. The lowest BCUT2D eigenvalue weighted by molar-refractivity contribution is 1.18. The monoisotopic (exact) mass is 635 g/mol. The van der Waals surface area contributed by atoms with Gasteiger partial charge in [0.05, 0.1) is 46.8 Å². The standard InChI is InChI=1S/C45H25N5/c1-47-33-21-22-35(44(27-33)50-42-19-6-3-14-36(42)38-16-9-17-40(48-2)45(38)50)32-12-7-10-30(25-32)31-11-8-13-34(26-31)49-41-18-5-4-15-37(41)39-24-29(28-46)20-23-43(39)49/h3-27H. The number of nitriles is 1. The molecule has 2 heterocycles. The maximum Gasteiger partial charge on any atom is 0.211 e. The van der Waals surface area contributed by atoms with Crippen LogP contribution in [0.5, 0.6) is 0 Å². The van der Waals surface area contributed by atoms with Gasteiger partial charge >= 0.3 is 0 Å². The first kappa shape index (κ1) is 28.8. The average Bonchev–Trinajstić information content (AvgIpc) is 3.70. The molecule has 9 aromatic rings. The van der Waals surface area contributed by atoms with Crippen molar-refractivity contribution in [2.75, 3.05) is 0 Å². The van der Waals surface area contributed by atoms with Crippen LogP contribution < -0.4 is 0 Å². The molecule has 5 nitrogen and oxygen atoms in total. The summed E-state index contributed by atoms with van der Waals surface area (Å²) in [5.74, 6) is 0. The molecule has 0 saturated heterocycles. The molecule has 0 unspecified atom stereocenters. The van der Waals surface area contributed by atoms with Crippen molar-refractivity contribution in [3.63, 3.8) is 0 Å². The van der Waals surface area contributed by atoms with Crippen molar-refractivity contribution in [2.45, 2.75) is 0 Å². The van der Waals surface area contributed by atoms with Crippen LogP contribution in [0.3, 0.4) is 0 Å². The van der Waals surface area contributed by atoms with E-state index in [2.05, 4.69) is 104 Å². The van der Waals surface area contributed by atoms with Crippen molar-refractivity contribution in [1.82, 2.24) is 9.13 Å². The predicted molar refractivity (Wildman–Crippen MR) is 203 cm³/mol. The molecule has 50 heavy (non-hydrogen) atoms. The molecular formula is C45H25N5. The van der Waals surface area contributed by atoms with Gasteiger partial charge < -0.3 is 9.13 Å². The van der Waals surface area contributed by atoms with Gasteiger partial charge in [-0.05, 0) is 76.7 Å². The lowest BCUT2D eigenvalue weighted by atomic mass is 9.97. The quantitative estimate of drug-likeness (QED) is 0.177. The van der Waals surface area contributed by atoms with Crippen LogP contribution in [-0.2, 0) is 0 Å². The molecule has 0 N–H and O–H groups in total. The number of nitrogens with zero attached hydrogens (tertiary/aromatic N) is 5. The van der Waals surface area contributed by atoms with Crippen LogP contribution >= 0.6 is 0 Å². The molecule has 0 saturated carbocycles. The van der Waals surface area contributed by atoms with Crippen LogP contribution in [0.15, 0.2) is 152 Å². The summed E-state index contributed by atoms with van der Waals surface area (Å²) < 4.78 is 4.41. The Morgan fingerprint density at radius 1 is 0.500 bits per heavy atom. The van der Waals surface area contributed by atoms with Gasteiger partial charge in [-0.2, -0.15) is 5.26 Å². The van der Waals surface area contributed by atoms with Crippen LogP contribution in [0.1, 0.15) is 5.56 Å². The van der Waals surface area contributed by atoms with Gasteiger partial charge in [-0.25, -0.2) is 9.69 Å². The molecule has 0 aliphatic heterocycles. The van der Waals surface area contributed by atoms with E-state index >= 15 is 0 Å². The fraction of sp³-hybridized carbons (Fsp3) is 0. The summed E-state index contributed by atoms with van der Waals surface area (Å²) in [5, 5.41) is 13.8. The van der Waals surface area contributed by atoms with Crippen LogP contribution in [-0.4, -0.2) is 9.13 Å². The average molecular weight is 636 g/mol. The fourth-order valence-corrected chi connectivity index (χ4v) is 7.37. The number of hydrogen-bond acceptors (Lipinski definition) is 1. The summed E-state index contributed by atoms with van der Waals surface area (Å²) in [7, 11) is 0. The molecule has 2 aromatic heterocycles. The first-order valence-corrected chi connectivity index (χ1v) is 16.2. The second-order valence-electron chi connectivity index (χ2n) is 12.3. The minimum Gasteiger partial charge on any atom is -0.320 e. The van der Waals surface area contributed by atoms with Crippen LogP contribution in [0.25, 0.3) is 86.9 Å². The lowest BCUT2D eigenvalue weighted by Gasteiger charge is -2.16. The van der Waals surface area contributed by atoms with E-state index in [1.54, 1.807) is 0 Å². The molecule has 0 fully saturated rings. The molecule has 0 aliphatic carbocycles. The first-order chi connectivity index (χ1) is 24.7. The molecule has 5 heteroatoms.